The largest absolute Gasteiger partial charge is 0.497 e. The average Bonchev–Trinajstić information content (AvgIpc) is 2.91. The number of hydrogen-bond donors (Lipinski definition) is 0. The van der Waals surface area contributed by atoms with Crippen LogP contribution in [-0.2, 0) is 6.42 Å². The van der Waals surface area contributed by atoms with E-state index in [4.69, 9.17) is 4.74 Å². The number of benzene rings is 2. The molecule has 0 aliphatic carbocycles. The van der Waals surface area contributed by atoms with Crippen molar-refractivity contribution in [2.45, 2.75) is 26.2 Å². The average molecular weight is 575 g/mol. The summed E-state index contributed by atoms with van der Waals surface area (Å²) in [5.41, 5.74) is 6.97. The van der Waals surface area contributed by atoms with Crippen LogP contribution in [0.1, 0.15) is 35.2 Å². The Morgan fingerprint density at radius 1 is 0.949 bits per heavy atom. The highest BCUT2D eigenvalue weighted by Gasteiger charge is 2.20. The topological polar surface area (TPSA) is 78.3 Å². The zero-order valence-corrected chi connectivity index (χ0v) is 23.7. The van der Waals surface area contributed by atoms with Gasteiger partial charge in [-0.15, -0.1) is 24.8 Å². The van der Waals surface area contributed by atoms with Crippen LogP contribution in [0, 0.1) is 12.7 Å². The van der Waals surface area contributed by atoms with Gasteiger partial charge in [0.1, 0.15) is 17.2 Å². The Morgan fingerprint density at radius 3 is 2.18 bits per heavy atom. The molecule has 0 saturated carbocycles. The smallest absolute Gasteiger partial charge is 0.261 e. The van der Waals surface area contributed by atoms with Gasteiger partial charge in [0.2, 0.25) is 0 Å². The minimum atomic E-state index is -0.234. The van der Waals surface area contributed by atoms with Gasteiger partial charge in [0.05, 0.1) is 7.11 Å². The Bertz CT molecular complexity index is 1460. The lowest BCUT2D eigenvalue weighted by atomic mass is 9.88. The van der Waals surface area contributed by atoms with Crippen LogP contribution in [0.2, 0.25) is 0 Å². The Morgan fingerprint density at radius 2 is 1.56 bits per heavy atom. The number of halogens is 3. The van der Waals surface area contributed by atoms with Crippen LogP contribution in [0.5, 0.6) is 5.75 Å². The molecule has 1 aliphatic heterocycles. The maximum absolute atomic E-state index is 13.6. The molecule has 0 unspecified atom stereocenters. The lowest BCUT2D eigenvalue weighted by molar-refractivity contribution is 0.259. The van der Waals surface area contributed by atoms with Gasteiger partial charge < -0.3 is 15.1 Å². The third-order valence-corrected chi connectivity index (χ3v) is 7.04. The third kappa shape index (κ3) is 7.05. The molecule has 208 valence electrons. The molecule has 1 saturated heterocycles. The van der Waals surface area contributed by atoms with Gasteiger partial charge >= 0.3 is 0 Å². The summed E-state index contributed by atoms with van der Waals surface area (Å²) in [6.07, 6.45) is 4.30. The SMILES string of the molecule is COc1ccc(C(=C2CCN(CCc3c(C)nc4ccccn4c3=O)CC2)c2ccc(F)cc2)cc1.Cl.Cl.O. The number of nitrogens with zero attached hydrogens (tertiary/aromatic N) is 3. The monoisotopic (exact) mass is 573 g/mol. The molecule has 2 aromatic heterocycles. The molecule has 3 heterocycles. The van der Waals surface area contributed by atoms with E-state index in [1.807, 2.05) is 49.4 Å². The highest BCUT2D eigenvalue weighted by atomic mass is 35.5. The Balaban J connectivity index is 0.00000178. The summed E-state index contributed by atoms with van der Waals surface area (Å²) in [6.45, 7) is 4.57. The molecule has 9 heteroatoms. The molecule has 2 aromatic carbocycles. The number of aryl methyl sites for hydroxylation is 1. The number of piperidine rings is 1. The summed E-state index contributed by atoms with van der Waals surface area (Å²) in [5, 5.41) is 0. The van der Waals surface area contributed by atoms with Crippen molar-refractivity contribution in [2.75, 3.05) is 26.7 Å². The second kappa shape index (κ2) is 14.2. The van der Waals surface area contributed by atoms with Crippen molar-refractivity contribution in [1.29, 1.82) is 0 Å². The molecule has 0 spiro atoms. The van der Waals surface area contributed by atoms with Crippen LogP contribution in [0.3, 0.4) is 0 Å². The minimum absolute atomic E-state index is 0. The molecule has 1 aliphatic rings. The second-order valence-corrected chi connectivity index (χ2v) is 9.22. The van der Waals surface area contributed by atoms with E-state index < -0.39 is 0 Å². The van der Waals surface area contributed by atoms with Crippen LogP contribution in [0.4, 0.5) is 4.39 Å². The minimum Gasteiger partial charge on any atom is -0.497 e. The van der Waals surface area contributed by atoms with Gasteiger partial charge in [0, 0.05) is 37.1 Å². The summed E-state index contributed by atoms with van der Waals surface area (Å²) >= 11 is 0. The zero-order chi connectivity index (χ0) is 25.1. The number of methoxy groups -OCH3 is 1. The first-order valence-electron chi connectivity index (χ1n) is 12.3. The molecule has 0 bridgehead atoms. The van der Waals surface area contributed by atoms with E-state index in [0.717, 1.165) is 60.6 Å². The second-order valence-electron chi connectivity index (χ2n) is 9.22. The number of ether oxygens (including phenoxy) is 1. The van der Waals surface area contributed by atoms with Crippen LogP contribution >= 0.6 is 24.8 Å². The fourth-order valence-electron chi connectivity index (χ4n) is 5.04. The van der Waals surface area contributed by atoms with Gasteiger partial charge in [-0.1, -0.05) is 35.9 Å². The van der Waals surface area contributed by atoms with Gasteiger partial charge in [-0.3, -0.25) is 9.20 Å². The Labute approximate surface area is 240 Å². The number of aromatic nitrogens is 2. The third-order valence-electron chi connectivity index (χ3n) is 7.04. The molecular weight excluding hydrogens is 540 g/mol. The van der Waals surface area contributed by atoms with Crippen molar-refractivity contribution in [3.63, 3.8) is 0 Å². The predicted molar refractivity (Wildman–Crippen MR) is 159 cm³/mol. The van der Waals surface area contributed by atoms with Gasteiger partial charge in [0.15, 0.2) is 0 Å². The quantitative estimate of drug-likeness (QED) is 0.313. The summed E-state index contributed by atoms with van der Waals surface area (Å²) in [4.78, 5) is 20.0. The van der Waals surface area contributed by atoms with Crippen molar-refractivity contribution in [3.8, 4) is 5.75 Å². The standard InChI is InChI=1S/C30H30FN3O2.2ClH.H2O/c1-21-27(30(35)34-17-4-3-5-28(34)32-21)16-20-33-18-14-24(15-19-33)29(22-6-10-25(31)11-7-22)23-8-12-26(36-2)13-9-23;;;/h3-13,17H,14-16,18-20H2,1-2H3;2*1H;1H2. The summed E-state index contributed by atoms with van der Waals surface area (Å²) in [6, 6.07) is 20.4. The normalized spacial score (nSPS) is 13.2. The fraction of sp³-hybridized carbons (Fsp3) is 0.267. The highest BCUT2D eigenvalue weighted by molar-refractivity contribution is 5.85. The van der Waals surface area contributed by atoms with E-state index in [-0.39, 0.29) is 41.7 Å². The molecule has 2 N–H and O–H groups in total. The van der Waals surface area contributed by atoms with Crippen molar-refractivity contribution in [2.24, 2.45) is 0 Å². The molecule has 5 rings (SSSR count). The van der Waals surface area contributed by atoms with Crippen molar-refractivity contribution >= 4 is 36.0 Å². The maximum Gasteiger partial charge on any atom is 0.261 e. The van der Waals surface area contributed by atoms with Crippen molar-refractivity contribution < 1.29 is 14.6 Å². The molecule has 0 radical (unpaired) electrons. The molecule has 0 atom stereocenters. The van der Waals surface area contributed by atoms with Crippen LogP contribution in [-0.4, -0.2) is 46.5 Å². The van der Waals surface area contributed by atoms with Crippen LogP contribution in [0.15, 0.2) is 83.3 Å². The number of rotatable bonds is 6. The molecule has 4 aromatic rings. The van der Waals surface area contributed by atoms with E-state index in [1.165, 1.54) is 23.3 Å². The maximum atomic E-state index is 13.6. The first-order chi connectivity index (χ1) is 17.5. The van der Waals surface area contributed by atoms with Gasteiger partial charge in [0.25, 0.3) is 5.56 Å². The van der Waals surface area contributed by atoms with E-state index in [1.54, 1.807) is 17.7 Å². The Kier molecular flexibility index (Phi) is 11.7. The van der Waals surface area contributed by atoms with E-state index in [0.29, 0.717) is 12.1 Å². The van der Waals surface area contributed by atoms with Crippen LogP contribution < -0.4 is 10.3 Å². The molecule has 6 nitrogen and oxygen atoms in total. The Hall–Kier alpha value is -3.23. The first kappa shape index (κ1) is 32.0. The number of fused-ring (bicyclic) bond motifs is 1. The van der Waals surface area contributed by atoms with Crippen molar-refractivity contribution in [3.05, 3.63) is 117 Å². The first-order valence-corrected chi connectivity index (χ1v) is 12.3. The fourth-order valence-corrected chi connectivity index (χ4v) is 5.04. The summed E-state index contributed by atoms with van der Waals surface area (Å²) in [5.74, 6) is 0.577. The molecule has 0 amide bonds. The van der Waals surface area contributed by atoms with Crippen LogP contribution in [0.25, 0.3) is 11.2 Å². The highest BCUT2D eigenvalue weighted by Crippen LogP contribution is 2.33. The zero-order valence-electron chi connectivity index (χ0n) is 22.0. The van der Waals surface area contributed by atoms with Gasteiger partial charge in [-0.2, -0.15) is 0 Å². The number of pyridine rings is 1. The van der Waals surface area contributed by atoms with E-state index in [2.05, 4.69) is 22.0 Å². The number of likely N-dealkylation sites (tertiary alicyclic amines) is 1. The van der Waals surface area contributed by atoms with Gasteiger partial charge in [-0.05, 0) is 79.3 Å². The lowest BCUT2D eigenvalue weighted by Gasteiger charge is -2.30. The number of hydrogen-bond acceptors (Lipinski definition) is 4. The van der Waals surface area contributed by atoms with Crippen molar-refractivity contribution in [1.82, 2.24) is 14.3 Å². The molecular formula is C30H34Cl2FN3O3. The van der Waals surface area contributed by atoms with E-state index in [9.17, 15) is 9.18 Å². The molecule has 1 fully saturated rings. The lowest BCUT2D eigenvalue weighted by Crippen LogP contribution is -2.34. The summed E-state index contributed by atoms with van der Waals surface area (Å²) in [7, 11) is 1.66. The molecule has 39 heavy (non-hydrogen) atoms. The summed E-state index contributed by atoms with van der Waals surface area (Å²) < 4.78 is 20.6. The van der Waals surface area contributed by atoms with E-state index >= 15 is 0 Å². The predicted octanol–water partition coefficient (Wildman–Crippen LogP) is 5.31. The van der Waals surface area contributed by atoms with Gasteiger partial charge in [-0.25, -0.2) is 9.37 Å².